The van der Waals surface area contributed by atoms with Crippen molar-refractivity contribution in [3.05, 3.63) is 34.5 Å². The molecule has 0 aromatic carbocycles. The molecule has 0 aliphatic rings. The average molecular weight is 270 g/mol. The standard InChI is InChI=1S/C13H18O2S2/c1-3-5-6-7-12(14)13-11(8-9-16-13)10-17(15)4-2/h3,8-9H,1,4-7,10H2,2H3. The van der Waals surface area contributed by atoms with Crippen LogP contribution in [0.5, 0.6) is 0 Å². The molecule has 0 bridgehead atoms. The highest BCUT2D eigenvalue weighted by atomic mass is 32.2. The van der Waals surface area contributed by atoms with Crippen molar-refractivity contribution >= 4 is 27.9 Å². The molecule has 1 aromatic rings. The molecule has 0 N–H and O–H groups in total. The van der Waals surface area contributed by atoms with Crippen LogP contribution in [-0.4, -0.2) is 15.7 Å². The molecule has 0 radical (unpaired) electrons. The van der Waals surface area contributed by atoms with Crippen molar-refractivity contribution in [1.82, 2.24) is 0 Å². The van der Waals surface area contributed by atoms with Crippen LogP contribution in [-0.2, 0) is 16.6 Å². The molecule has 1 rings (SSSR count). The van der Waals surface area contributed by atoms with Crippen molar-refractivity contribution in [3.8, 4) is 0 Å². The first-order chi connectivity index (χ1) is 8.19. The quantitative estimate of drug-likeness (QED) is 0.411. The van der Waals surface area contributed by atoms with Gasteiger partial charge in [0.25, 0.3) is 0 Å². The van der Waals surface area contributed by atoms with E-state index in [2.05, 4.69) is 6.58 Å². The Kier molecular flexibility index (Phi) is 6.37. The molecule has 1 unspecified atom stereocenters. The minimum absolute atomic E-state index is 0.171. The number of hydrogen-bond acceptors (Lipinski definition) is 3. The highest BCUT2D eigenvalue weighted by molar-refractivity contribution is 7.84. The van der Waals surface area contributed by atoms with Crippen LogP contribution in [0.15, 0.2) is 24.1 Å². The van der Waals surface area contributed by atoms with Gasteiger partial charge in [0.05, 0.1) is 10.6 Å². The van der Waals surface area contributed by atoms with Gasteiger partial charge in [-0.15, -0.1) is 17.9 Å². The SMILES string of the molecule is C=CCCCC(=O)c1sccc1CS(=O)CC. The summed E-state index contributed by atoms with van der Waals surface area (Å²) in [5.41, 5.74) is 0.943. The third-order valence-electron chi connectivity index (χ3n) is 2.45. The summed E-state index contributed by atoms with van der Waals surface area (Å²) in [4.78, 5) is 12.7. The number of unbranched alkanes of at least 4 members (excludes halogenated alkanes) is 1. The predicted molar refractivity (Wildman–Crippen MR) is 75.1 cm³/mol. The molecule has 1 atom stereocenters. The molecule has 0 spiro atoms. The molecular weight excluding hydrogens is 252 g/mol. The van der Waals surface area contributed by atoms with E-state index in [-0.39, 0.29) is 5.78 Å². The fraction of sp³-hybridized carbons (Fsp3) is 0.462. The highest BCUT2D eigenvalue weighted by Crippen LogP contribution is 2.21. The average Bonchev–Trinajstić information content (AvgIpc) is 2.77. The lowest BCUT2D eigenvalue weighted by atomic mass is 10.1. The van der Waals surface area contributed by atoms with Crippen LogP contribution in [0.1, 0.15) is 41.4 Å². The van der Waals surface area contributed by atoms with Crippen LogP contribution in [0.3, 0.4) is 0 Å². The number of carbonyl (C=O) groups excluding carboxylic acids is 1. The second kappa shape index (κ2) is 7.56. The molecule has 17 heavy (non-hydrogen) atoms. The molecular formula is C13H18O2S2. The Hall–Kier alpha value is -0.740. The van der Waals surface area contributed by atoms with Crippen LogP contribution >= 0.6 is 11.3 Å². The second-order valence-corrected chi connectivity index (χ2v) is 6.41. The third-order valence-corrected chi connectivity index (χ3v) is 4.73. The van der Waals surface area contributed by atoms with Crippen molar-refractivity contribution < 1.29 is 9.00 Å². The number of Topliss-reactive ketones (excluding diaryl/α,β-unsaturated/α-hetero) is 1. The fourth-order valence-electron chi connectivity index (χ4n) is 1.49. The maximum absolute atomic E-state index is 11.9. The van der Waals surface area contributed by atoms with Crippen molar-refractivity contribution in [2.24, 2.45) is 0 Å². The molecule has 94 valence electrons. The fourth-order valence-corrected chi connectivity index (χ4v) is 3.27. The van der Waals surface area contributed by atoms with E-state index in [1.165, 1.54) is 11.3 Å². The Balaban J connectivity index is 2.64. The number of thiophene rings is 1. The van der Waals surface area contributed by atoms with Crippen molar-refractivity contribution in [1.29, 1.82) is 0 Å². The summed E-state index contributed by atoms with van der Waals surface area (Å²) in [5, 5.41) is 1.91. The number of ketones is 1. The summed E-state index contributed by atoms with van der Waals surface area (Å²) in [5.74, 6) is 1.31. The maximum atomic E-state index is 11.9. The van der Waals surface area contributed by atoms with E-state index < -0.39 is 10.8 Å². The van der Waals surface area contributed by atoms with Gasteiger partial charge in [0, 0.05) is 23.0 Å². The number of carbonyl (C=O) groups is 1. The topological polar surface area (TPSA) is 34.1 Å². The summed E-state index contributed by atoms with van der Waals surface area (Å²) in [6.07, 6.45) is 4.09. The molecule has 0 aliphatic heterocycles. The molecule has 0 amide bonds. The molecule has 1 aromatic heterocycles. The van der Waals surface area contributed by atoms with E-state index in [9.17, 15) is 9.00 Å². The van der Waals surface area contributed by atoms with Gasteiger partial charge in [-0.05, 0) is 29.9 Å². The number of allylic oxidation sites excluding steroid dienone is 1. The first kappa shape index (κ1) is 14.3. The molecule has 1 heterocycles. The van der Waals surface area contributed by atoms with Crippen LogP contribution in [0.4, 0.5) is 0 Å². The largest absolute Gasteiger partial charge is 0.293 e. The van der Waals surface area contributed by atoms with Crippen molar-refractivity contribution in [3.63, 3.8) is 0 Å². The zero-order valence-corrected chi connectivity index (χ0v) is 11.7. The zero-order chi connectivity index (χ0) is 12.7. The third kappa shape index (κ3) is 4.56. The second-order valence-electron chi connectivity index (χ2n) is 3.75. The predicted octanol–water partition coefficient (Wildman–Crippen LogP) is 3.56. The molecule has 2 nitrogen and oxygen atoms in total. The molecule has 0 aliphatic carbocycles. The zero-order valence-electron chi connectivity index (χ0n) is 10.1. The minimum Gasteiger partial charge on any atom is -0.293 e. The van der Waals surface area contributed by atoms with Crippen molar-refractivity contribution in [2.75, 3.05) is 5.75 Å². The van der Waals surface area contributed by atoms with Crippen LogP contribution in [0, 0.1) is 0 Å². The van der Waals surface area contributed by atoms with Crippen LogP contribution in [0.25, 0.3) is 0 Å². The Labute approximate surface area is 109 Å². The first-order valence-electron chi connectivity index (χ1n) is 5.74. The van der Waals surface area contributed by atoms with Gasteiger partial charge < -0.3 is 0 Å². The Bertz CT molecular complexity index is 407. The Morgan fingerprint density at radius 2 is 2.35 bits per heavy atom. The van der Waals surface area contributed by atoms with Crippen molar-refractivity contribution in [2.45, 2.75) is 31.9 Å². The first-order valence-corrected chi connectivity index (χ1v) is 8.11. The van der Waals surface area contributed by atoms with Crippen LogP contribution in [0.2, 0.25) is 0 Å². The Morgan fingerprint density at radius 3 is 3.00 bits per heavy atom. The Morgan fingerprint density at radius 1 is 1.59 bits per heavy atom. The summed E-state index contributed by atoms with van der Waals surface area (Å²) in [6.45, 7) is 5.54. The lowest BCUT2D eigenvalue weighted by Crippen LogP contribution is -2.03. The molecule has 0 saturated heterocycles. The van der Waals surface area contributed by atoms with Gasteiger partial charge in [0.2, 0.25) is 0 Å². The molecule has 4 heteroatoms. The van der Waals surface area contributed by atoms with Gasteiger partial charge in [-0.3, -0.25) is 9.00 Å². The van der Waals surface area contributed by atoms with Gasteiger partial charge in [-0.25, -0.2) is 0 Å². The lowest BCUT2D eigenvalue weighted by molar-refractivity contribution is 0.0984. The molecule has 0 fully saturated rings. The maximum Gasteiger partial charge on any atom is 0.173 e. The highest BCUT2D eigenvalue weighted by Gasteiger charge is 2.13. The number of hydrogen-bond donors (Lipinski definition) is 0. The number of rotatable bonds is 8. The smallest absolute Gasteiger partial charge is 0.173 e. The van der Waals surface area contributed by atoms with E-state index in [4.69, 9.17) is 0 Å². The minimum atomic E-state index is -0.852. The van der Waals surface area contributed by atoms with Gasteiger partial charge in [-0.2, -0.15) is 0 Å². The van der Waals surface area contributed by atoms with Gasteiger partial charge >= 0.3 is 0 Å². The normalized spacial score (nSPS) is 12.3. The van der Waals surface area contributed by atoms with Gasteiger partial charge in [0.15, 0.2) is 5.78 Å². The van der Waals surface area contributed by atoms with E-state index in [0.29, 0.717) is 17.9 Å². The summed E-state index contributed by atoms with van der Waals surface area (Å²) >= 11 is 1.46. The van der Waals surface area contributed by atoms with Crippen LogP contribution < -0.4 is 0 Å². The summed E-state index contributed by atoms with van der Waals surface area (Å²) in [6, 6.07) is 1.92. The van der Waals surface area contributed by atoms with E-state index in [0.717, 1.165) is 23.3 Å². The van der Waals surface area contributed by atoms with Gasteiger partial charge in [0.1, 0.15) is 0 Å². The van der Waals surface area contributed by atoms with Gasteiger partial charge in [-0.1, -0.05) is 13.0 Å². The lowest BCUT2D eigenvalue weighted by Gasteiger charge is -2.02. The van der Waals surface area contributed by atoms with E-state index in [1.807, 2.05) is 24.4 Å². The monoisotopic (exact) mass is 270 g/mol. The van der Waals surface area contributed by atoms with E-state index >= 15 is 0 Å². The summed E-state index contributed by atoms with van der Waals surface area (Å²) in [7, 11) is -0.852. The van der Waals surface area contributed by atoms with E-state index in [1.54, 1.807) is 0 Å². The molecule has 0 saturated carbocycles. The summed E-state index contributed by atoms with van der Waals surface area (Å²) < 4.78 is 11.5.